The molecule has 0 aliphatic rings. The van der Waals surface area contributed by atoms with Crippen molar-refractivity contribution in [1.29, 1.82) is 0 Å². The summed E-state index contributed by atoms with van der Waals surface area (Å²) in [5.74, 6) is -8.05. The highest BCUT2D eigenvalue weighted by atomic mass is 19.2. The van der Waals surface area contributed by atoms with Crippen molar-refractivity contribution in [3.8, 4) is 16.9 Å². The van der Waals surface area contributed by atoms with Crippen LogP contribution in [0.2, 0.25) is 0 Å². The van der Waals surface area contributed by atoms with Gasteiger partial charge in [0.05, 0.1) is 14.9 Å². The summed E-state index contributed by atoms with van der Waals surface area (Å²) in [6, 6.07) is 3.69. The van der Waals surface area contributed by atoms with E-state index in [9.17, 15) is 17.6 Å². The van der Waals surface area contributed by atoms with Crippen molar-refractivity contribution in [2.24, 2.45) is 0 Å². The van der Waals surface area contributed by atoms with Crippen LogP contribution in [0.3, 0.4) is 0 Å². The van der Waals surface area contributed by atoms with Gasteiger partial charge in [-0.2, -0.15) is 0 Å². The molecule has 2 aromatic carbocycles. The summed E-state index contributed by atoms with van der Waals surface area (Å²) in [5.41, 5.74) is 1.81. The molecule has 6 heteroatoms. The Balaban J connectivity index is 2.53. The van der Waals surface area contributed by atoms with Crippen LogP contribution in [0.25, 0.3) is 11.1 Å². The van der Waals surface area contributed by atoms with Crippen molar-refractivity contribution in [1.82, 2.24) is 0 Å². The third kappa shape index (κ3) is 3.00. The predicted octanol–water partition coefficient (Wildman–Crippen LogP) is 4.67. The molecule has 0 unspecified atom stereocenters. The zero-order valence-electron chi connectivity index (χ0n) is 19.8. The van der Waals surface area contributed by atoms with Crippen molar-refractivity contribution in [3.63, 3.8) is 0 Å². The number of benzene rings is 2. The summed E-state index contributed by atoms with van der Waals surface area (Å²) in [6.45, 7) is -7.17. The molecule has 0 aliphatic carbocycles. The number of ether oxygens (including phenoxy) is 1. The van der Waals surface area contributed by atoms with Gasteiger partial charge in [-0.1, -0.05) is 25.4 Å². The van der Waals surface area contributed by atoms with Crippen LogP contribution in [-0.2, 0) is 0 Å². The molecule has 0 fully saturated rings. The Bertz CT molecular complexity index is 982. The van der Waals surface area contributed by atoms with Crippen molar-refractivity contribution in [3.05, 3.63) is 47.5 Å². The standard InChI is InChI=1S/C16H15F4NO/c1-2-3-7-22-10-6-4-5-9(8-10)11-12(17)14(19)16(21)15(20)13(11)18/h4-6,8H,2-3,7,21H2,1H3/i1D3,2D2,3D2,7D2. The highest BCUT2D eigenvalue weighted by molar-refractivity contribution is 5.69. The van der Waals surface area contributed by atoms with Crippen LogP contribution < -0.4 is 10.5 Å². The van der Waals surface area contributed by atoms with E-state index in [-0.39, 0.29) is 0 Å². The van der Waals surface area contributed by atoms with Gasteiger partial charge < -0.3 is 10.5 Å². The molecule has 2 N–H and O–H groups in total. The second-order valence-electron chi connectivity index (χ2n) is 4.03. The normalized spacial score (nSPS) is 19.4. The van der Waals surface area contributed by atoms with Gasteiger partial charge in [-0.25, -0.2) is 17.6 Å². The Labute approximate surface area is 138 Å². The maximum absolute atomic E-state index is 14.2. The van der Waals surface area contributed by atoms with Crippen LogP contribution in [0.4, 0.5) is 23.2 Å². The number of nitrogens with two attached hydrogens (primary N) is 1. The van der Waals surface area contributed by atoms with Crippen molar-refractivity contribution in [2.75, 3.05) is 12.3 Å². The first kappa shape index (κ1) is 7.85. The van der Waals surface area contributed by atoms with E-state index in [0.717, 1.165) is 18.2 Å². The largest absolute Gasteiger partial charge is 0.494 e. The first-order valence-corrected chi connectivity index (χ1v) is 5.77. The fourth-order valence-corrected chi connectivity index (χ4v) is 1.73. The van der Waals surface area contributed by atoms with E-state index in [1.807, 2.05) is 0 Å². The molecule has 0 saturated carbocycles. The molecule has 2 rings (SSSR count). The minimum Gasteiger partial charge on any atom is -0.494 e. The second-order valence-corrected chi connectivity index (χ2v) is 4.03. The van der Waals surface area contributed by atoms with Crippen molar-refractivity contribution in [2.45, 2.75) is 19.6 Å². The highest BCUT2D eigenvalue weighted by Gasteiger charge is 2.24. The van der Waals surface area contributed by atoms with Crippen LogP contribution in [0.15, 0.2) is 24.3 Å². The molecule has 118 valence electrons. The quantitative estimate of drug-likeness (QED) is 0.493. The number of anilines is 1. The molecule has 0 aromatic heterocycles. The van der Waals surface area contributed by atoms with Gasteiger partial charge in [0.2, 0.25) is 0 Å². The van der Waals surface area contributed by atoms with Crippen LogP contribution in [-0.4, -0.2) is 6.56 Å². The van der Waals surface area contributed by atoms with Crippen LogP contribution in [0.5, 0.6) is 5.75 Å². The van der Waals surface area contributed by atoms with E-state index in [1.165, 1.54) is 0 Å². The van der Waals surface area contributed by atoms with E-state index in [4.69, 9.17) is 22.8 Å². The minimum atomic E-state index is -3.74. The van der Waals surface area contributed by atoms with Crippen molar-refractivity contribution >= 4 is 5.69 Å². The summed E-state index contributed by atoms with van der Waals surface area (Å²) >= 11 is 0. The predicted molar refractivity (Wildman–Crippen MR) is 76.5 cm³/mol. The molecular formula is C16H15F4NO. The van der Waals surface area contributed by atoms with Gasteiger partial charge in [0.1, 0.15) is 11.4 Å². The Morgan fingerprint density at radius 3 is 2.45 bits per heavy atom. The summed E-state index contributed by atoms with van der Waals surface area (Å²) in [4.78, 5) is 0. The minimum absolute atomic E-state index is 0.541. The SMILES string of the molecule is [2H]C([2H])([2H])C([2H])([2H])C([2H])([2H])C([2H])([2H])Oc1cccc(-c2c(F)c(F)c(N)c(F)c2F)c1. The Kier molecular flexibility index (Phi) is 2.38. The van der Waals surface area contributed by atoms with Gasteiger partial charge in [-0.05, 0) is 24.1 Å². The van der Waals surface area contributed by atoms with Gasteiger partial charge in [-0.3, -0.25) is 0 Å². The zero-order chi connectivity index (χ0) is 24.2. The summed E-state index contributed by atoms with van der Waals surface area (Å²) in [5, 5.41) is 0. The number of hydrogen-bond donors (Lipinski definition) is 1. The molecule has 0 atom stereocenters. The first-order chi connectivity index (χ1) is 13.9. The van der Waals surface area contributed by atoms with E-state index in [2.05, 4.69) is 0 Å². The van der Waals surface area contributed by atoms with E-state index in [0.29, 0.717) is 6.07 Å². The number of halogens is 4. The lowest BCUT2D eigenvalue weighted by Gasteiger charge is -2.11. The van der Waals surface area contributed by atoms with Gasteiger partial charge >= 0.3 is 0 Å². The van der Waals surface area contributed by atoms with Crippen molar-refractivity contribution < 1.29 is 34.6 Å². The number of hydrogen-bond acceptors (Lipinski definition) is 2. The smallest absolute Gasteiger partial charge is 0.185 e. The lowest BCUT2D eigenvalue weighted by Crippen LogP contribution is -2.05. The summed E-state index contributed by atoms with van der Waals surface area (Å²) in [6.07, 6.45) is -7.44. The maximum atomic E-state index is 14.2. The van der Waals surface area contributed by atoms with Gasteiger partial charge in [0, 0.05) is 9.60 Å². The molecular weight excluding hydrogens is 298 g/mol. The topological polar surface area (TPSA) is 35.2 Å². The average Bonchev–Trinajstić information content (AvgIpc) is 2.63. The van der Waals surface area contributed by atoms with Crippen LogP contribution in [0, 0.1) is 23.3 Å². The Morgan fingerprint density at radius 2 is 1.82 bits per heavy atom. The third-order valence-electron chi connectivity index (χ3n) is 2.70. The zero-order valence-corrected chi connectivity index (χ0v) is 10.8. The molecule has 0 radical (unpaired) electrons. The van der Waals surface area contributed by atoms with Crippen LogP contribution in [0.1, 0.15) is 31.9 Å². The average molecular weight is 322 g/mol. The Hall–Kier alpha value is -2.24. The first-order valence-electron chi connectivity index (χ1n) is 10.3. The fraction of sp³-hybridized carbons (Fsp3) is 0.250. The molecule has 0 amide bonds. The monoisotopic (exact) mass is 322 g/mol. The fourth-order valence-electron chi connectivity index (χ4n) is 1.73. The molecule has 22 heavy (non-hydrogen) atoms. The molecule has 0 spiro atoms. The number of nitrogen functional groups attached to an aromatic ring is 1. The maximum Gasteiger partial charge on any atom is 0.185 e. The van der Waals surface area contributed by atoms with E-state index >= 15 is 0 Å². The van der Waals surface area contributed by atoms with E-state index < -0.39 is 72.0 Å². The second kappa shape index (κ2) is 6.68. The molecule has 0 bridgehead atoms. The van der Waals surface area contributed by atoms with Gasteiger partial charge in [-0.15, -0.1) is 0 Å². The summed E-state index contributed by atoms with van der Waals surface area (Å²) in [7, 11) is 0. The molecule has 0 aliphatic heterocycles. The van der Waals surface area contributed by atoms with Crippen LogP contribution >= 0.6 is 0 Å². The lowest BCUT2D eigenvalue weighted by atomic mass is 10.0. The highest BCUT2D eigenvalue weighted by Crippen LogP contribution is 2.34. The molecule has 0 saturated heterocycles. The van der Waals surface area contributed by atoms with Gasteiger partial charge in [0.25, 0.3) is 0 Å². The third-order valence-corrected chi connectivity index (χ3v) is 2.70. The Morgan fingerprint density at radius 1 is 1.14 bits per heavy atom. The summed E-state index contributed by atoms with van der Waals surface area (Å²) < 4.78 is 128. The molecule has 2 aromatic rings. The molecule has 0 heterocycles. The number of rotatable bonds is 5. The van der Waals surface area contributed by atoms with Gasteiger partial charge in [0.15, 0.2) is 23.3 Å². The lowest BCUT2D eigenvalue weighted by molar-refractivity contribution is 0.309. The molecule has 2 nitrogen and oxygen atoms in total. The van der Waals surface area contributed by atoms with E-state index in [1.54, 1.807) is 0 Å².